The zero-order valence-electron chi connectivity index (χ0n) is 16.6. The van der Waals surface area contributed by atoms with Crippen molar-refractivity contribution in [2.45, 2.75) is 6.04 Å². The summed E-state index contributed by atoms with van der Waals surface area (Å²) >= 11 is 0. The Morgan fingerprint density at radius 3 is 1.16 bits per heavy atom. The SMILES string of the molecule is C=CC[Si](OC(=O)c1ccccc1)(OC(=O)c1ccccc1)OC(=O)c1ccccc1. The molecular weight excluding hydrogens is 412 g/mol. The highest BCUT2D eigenvalue weighted by atomic mass is 28.4. The lowest BCUT2D eigenvalue weighted by atomic mass is 10.2. The molecule has 6 nitrogen and oxygen atoms in total. The van der Waals surface area contributed by atoms with Gasteiger partial charge in [-0.15, -0.1) is 6.58 Å². The standard InChI is InChI=1S/C24H20O6Si/c1-2-18-31(28-22(25)19-12-6-3-7-13-19,29-23(26)20-14-8-4-9-15-20)30-24(27)21-16-10-5-11-17-21/h2-17H,1,18H2. The van der Waals surface area contributed by atoms with Crippen LogP contribution in [0.25, 0.3) is 0 Å². The normalized spacial score (nSPS) is 10.6. The molecule has 0 amide bonds. The summed E-state index contributed by atoms with van der Waals surface area (Å²) in [5.41, 5.74) is 0.694. The number of carbonyl (C=O) groups excluding carboxylic acids is 3. The first-order chi connectivity index (χ1) is 15.0. The Morgan fingerprint density at radius 2 is 0.903 bits per heavy atom. The van der Waals surface area contributed by atoms with Crippen molar-refractivity contribution in [3.8, 4) is 0 Å². The minimum Gasteiger partial charge on any atom is -0.451 e. The van der Waals surface area contributed by atoms with Gasteiger partial charge in [-0.1, -0.05) is 60.7 Å². The fourth-order valence-corrected chi connectivity index (χ4v) is 4.62. The summed E-state index contributed by atoms with van der Waals surface area (Å²) < 4.78 is 16.8. The maximum atomic E-state index is 12.8. The molecule has 0 heterocycles. The Kier molecular flexibility index (Phi) is 7.13. The second-order valence-electron chi connectivity index (χ2n) is 6.44. The van der Waals surface area contributed by atoms with E-state index in [9.17, 15) is 14.4 Å². The topological polar surface area (TPSA) is 78.9 Å². The van der Waals surface area contributed by atoms with Gasteiger partial charge in [-0.3, -0.25) is 0 Å². The third-order valence-corrected chi connectivity index (χ3v) is 6.45. The molecule has 0 saturated carbocycles. The molecule has 31 heavy (non-hydrogen) atoms. The van der Waals surface area contributed by atoms with Crippen LogP contribution in [0, 0.1) is 0 Å². The number of carbonyl (C=O) groups is 3. The van der Waals surface area contributed by atoms with E-state index in [4.69, 9.17) is 13.3 Å². The summed E-state index contributed by atoms with van der Waals surface area (Å²) in [4.78, 5) is 38.3. The lowest BCUT2D eigenvalue weighted by Gasteiger charge is -2.27. The summed E-state index contributed by atoms with van der Waals surface area (Å²) in [6.07, 6.45) is 1.39. The van der Waals surface area contributed by atoms with E-state index in [0.29, 0.717) is 0 Å². The van der Waals surface area contributed by atoms with Crippen LogP contribution in [0.3, 0.4) is 0 Å². The van der Waals surface area contributed by atoms with Crippen molar-refractivity contribution in [1.29, 1.82) is 0 Å². The van der Waals surface area contributed by atoms with Crippen molar-refractivity contribution >= 4 is 26.7 Å². The lowest BCUT2D eigenvalue weighted by Crippen LogP contribution is -2.50. The van der Waals surface area contributed by atoms with Crippen LogP contribution >= 0.6 is 0 Å². The van der Waals surface area contributed by atoms with Gasteiger partial charge < -0.3 is 13.3 Å². The highest BCUT2D eigenvalue weighted by Gasteiger charge is 2.52. The third kappa shape index (κ3) is 5.77. The first-order valence-electron chi connectivity index (χ1n) is 9.49. The maximum Gasteiger partial charge on any atom is 0.709 e. The number of hydrogen-bond acceptors (Lipinski definition) is 6. The van der Waals surface area contributed by atoms with Crippen molar-refractivity contribution in [3.63, 3.8) is 0 Å². The van der Waals surface area contributed by atoms with Crippen molar-refractivity contribution in [2.75, 3.05) is 0 Å². The number of benzene rings is 3. The Labute approximate surface area is 181 Å². The lowest BCUT2D eigenvalue weighted by molar-refractivity contribution is 0.0329. The molecule has 0 aliphatic rings. The van der Waals surface area contributed by atoms with E-state index in [1.807, 2.05) is 0 Å². The molecule has 0 unspecified atom stereocenters. The van der Waals surface area contributed by atoms with Crippen LogP contribution in [0.5, 0.6) is 0 Å². The van der Waals surface area contributed by atoms with Crippen molar-refractivity contribution < 1.29 is 27.7 Å². The fourth-order valence-electron chi connectivity index (χ4n) is 2.69. The summed E-state index contributed by atoms with van der Waals surface area (Å²) in [5.74, 6) is -2.30. The Balaban J connectivity index is 1.94. The van der Waals surface area contributed by atoms with Crippen LogP contribution in [0.2, 0.25) is 6.04 Å². The largest absolute Gasteiger partial charge is 0.709 e. The van der Waals surface area contributed by atoms with Crippen LogP contribution in [-0.2, 0) is 13.3 Å². The average Bonchev–Trinajstić information content (AvgIpc) is 2.81. The molecule has 0 atom stereocenters. The monoisotopic (exact) mass is 432 g/mol. The Morgan fingerprint density at radius 1 is 0.613 bits per heavy atom. The molecule has 0 bridgehead atoms. The van der Waals surface area contributed by atoms with Crippen LogP contribution in [0.4, 0.5) is 0 Å². The van der Waals surface area contributed by atoms with Crippen molar-refractivity contribution in [1.82, 2.24) is 0 Å². The molecule has 0 spiro atoms. The second kappa shape index (κ2) is 10.2. The molecule has 7 heteroatoms. The van der Waals surface area contributed by atoms with Crippen molar-refractivity contribution in [2.24, 2.45) is 0 Å². The van der Waals surface area contributed by atoms with E-state index < -0.39 is 26.7 Å². The maximum absolute atomic E-state index is 12.8. The van der Waals surface area contributed by atoms with Gasteiger partial charge in [0.15, 0.2) is 0 Å². The second-order valence-corrected chi connectivity index (χ2v) is 8.83. The minimum absolute atomic E-state index is 0.136. The van der Waals surface area contributed by atoms with Gasteiger partial charge in [0.1, 0.15) is 0 Å². The van der Waals surface area contributed by atoms with E-state index in [0.717, 1.165) is 0 Å². The predicted octanol–water partition coefficient (Wildman–Crippen LogP) is 4.68. The molecule has 0 fully saturated rings. The van der Waals surface area contributed by atoms with E-state index in [-0.39, 0.29) is 22.7 Å². The molecule has 0 radical (unpaired) electrons. The fraction of sp³-hybridized carbons (Fsp3) is 0.0417. The van der Waals surface area contributed by atoms with Gasteiger partial charge in [0.2, 0.25) is 0 Å². The highest BCUT2D eigenvalue weighted by Crippen LogP contribution is 2.23. The van der Waals surface area contributed by atoms with Crippen LogP contribution in [0.1, 0.15) is 31.1 Å². The number of hydrogen-bond donors (Lipinski definition) is 0. The molecule has 0 aliphatic carbocycles. The van der Waals surface area contributed by atoms with Gasteiger partial charge in [-0.2, -0.15) is 0 Å². The van der Waals surface area contributed by atoms with Crippen LogP contribution in [-0.4, -0.2) is 26.7 Å². The Bertz CT molecular complexity index is 921. The van der Waals surface area contributed by atoms with E-state index in [1.54, 1.807) is 91.0 Å². The van der Waals surface area contributed by atoms with Crippen molar-refractivity contribution in [3.05, 3.63) is 120 Å². The predicted molar refractivity (Wildman–Crippen MR) is 116 cm³/mol. The molecule has 3 aromatic carbocycles. The van der Waals surface area contributed by atoms with Gasteiger partial charge in [0.05, 0.1) is 22.7 Å². The first-order valence-corrected chi connectivity index (χ1v) is 11.4. The molecule has 156 valence electrons. The third-order valence-electron chi connectivity index (χ3n) is 4.17. The first kappa shape index (κ1) is 21.7. The molecule has 3 rings (SSSR count). The summed E-state index contributed by atoms with van der Waals surface area (Å²) in [5, 5.41) is 0. The van der Waals surface area contributed by atoms with E-state index >= 15 is 0 Å². The molecule has 0 aromatic heterocycles. The molecule has 0 saturated heterocycles. The summed E-state index contributed by atoms with van der Waals surface area (Å²) in [6, 6.07) is 24.4. The van der Waals surface area contributed by atoms with Gasteiger partial charge in [-0.05, 0) is 36.4 Å². The minimum atomic E-state index is -4.20. The number of rotatable bonds is 8. The number of allylic oxidation sites excluding steroid dienone is 1. The Hall–Kier alpha value is -3.97. The molecule has 3 aromatic rings. The molecular formula is C24H20O6Si. The van der Waals surface area contributed by atoms with E-state index in [2.05, 4.69) is 6.58 Å². The highest BCUT2D eigenvalue weighted by molar-refractivity contribution is 6.66. The van der Waals surface area contributed by atoms with E-state index in [1.165, 1.54) is 6.08 Å². The zero-order chi connectivity index (χ0) is 22.1. The van der Waals surface area contributed by atoms with Gasteiger partial charge in [0.25, 0.3) is 0 Å². The molecule has 0 N–H and O–H groups in total. The molecule has 0 aliphatic heterocycles. The van der Waals surface area contributed by atoms with Gasteiger partial charge >= 0.3 is 26.7 Å². The van der Waals surface area contributed by atoms with Crippen LogP contribution in [0.15, 0.2) is 104 Å². The quantitative estimate of drug-likeness (QED) is 0.380. The smallest absolute Gasteiger partial charge is 0.451 e. The van der Waals surface area contributed by atoms with Crippen LogP contribution < -0.4 is 0 Å². The summed E-state index contributed by atoms with van der Waals surface area (Å²) in [7, 11) is -4.20. The summed E-state index contributed by atoms with van der Waals surface area (Å²) in [6.45, 7) is 3.65. The van der Waals surface area contributed by atoms with Gasteiger partial charge in [0, 0.05) is 0 Å². The zero-order valence-corrected chi connectivity index (χ0v) is 17.6. The van der Waals surface area contributed by atoms with Gasteiger partial charge in [-0.25, -0.2) is 14.4 Å². The average molecular weight is 433 g/mol.